The van der Waals surface area contributed by atoms with Gasteiger partial charge in [0.25, 0.3) is 0 Å². The number of likely N-dealkylation sites (tertiary alicyclic amines) is 1. The van der Waals surface area contributed by atoms with E-state index in [1.807, 2.05) is 0 Å². The molecule has 2 atom stereocenters. The van der Waals surface area contributed by atoms with Gasteiger partial charge < -0.3 is 4.90 Å². The predicted molar refractivity (Wildman–Crippen MR) is 62.4 cm³/mol. The average Bonchev–Trinajstić information content (AvgIpc) is 2.13. The smallest absolute Gasteiger partial charge is 0.00590 e. The number of rotatable bonds is 2. The summed E-state index contributed by atoms with van der Waals surface area (Å²) in [6.45, 7) is 4.94. The van der Waals surface area contributed by atoms with Crippen molar-refractivity contribution in [1.82, 2.24) is 4.90 Å². The Morgan fingerprint density at radius 1 is 1.31 bits per heavy atom. The van der Waals surface area contributed by atoms with Crippen molar-refractivity contribution in [3.63, 3.8) is 0 Å². The summed E-state index contributed by atoms with van der Waals surface area (Å²) in [7, 11) is 2.26. The van der Waals surface area contributed by atoms with Crippen molar-refractivity contribution in [3.05, 3.63) is 0 Å². The summed E-state index contributed by atoms with van der Waals surface area (Å²) in [6, 6.07) is 0. The number of hydrogen-bond donors (Lipinski definition) is 0. The maximum Gasteiger partial charge on any atom is 0.00590 e. The molecule has 78 valence electrons. The van der Waals surface area contributed by atoms with Crippen LogP contribution in [-0.2, 0) is 0 Å². The molecule has 0 saturated carbocycles. The molecule has 0 aromatic heterocycles. The first-order valence-electron chi connectivity index (χ1n) is 5.47. The maximum absolute atomic E-state index is 2.49. The molecule has 0 spiro atoms. The molecule has 1 saturated heterocycles. The van der Waals surface area contributed by atoms with E-state index in [0.29, 0.717) is 0 Å². The third-order valence-electron chi connectivity index (χ3n) is 3.26. The van der Waals surface area contributed by atoms with Crippen LogP contribution in [0.2, 0.25) is 0 Å². The zero-order chi connectivity index (χ0) is 9.68. The second kappa shape index (κ2) is 5.92. The largest absolute Gasteiger partial charge is 0.306 e. The van der Waals surface area contributed by atoms with Crippen LogP contribution in [0.5, 0.6) is 0 Å². The molecule has 1 heterocycles. The van der Waals surface area contributed by atoms with E-state index in [0.717, 1.165) is 11.2 Å². The van der Waals surface area contributed by atoms with E-state index in [2.05, 4.69) is 36.9 Å². The van der Waals surface area contributed by atoms with Crippen molar-refractivity contribution in [1.29, 1.82) is 0 Å². The Labute approximate surface area is 87.3 Å². The van der Waals surface area contributed by atoms with E-state index in [-0.39, 0.29) is 0 Å². The Bertz CT molecular complexity index is 124. The van der Waals surface area contributed by atoms with Crippen molar-refractivity contribution in [3.8, 4) is 0 Å². The molecule has 0 aromatic rings. The van der Waals surface area contributed by atoms with Crippen molar-refractivity contribution in [2.45, 2.75) is 37.9 Å². The van der Waals surface area contributed by atoms with Gasteiger partial charge in [0.2, 0.25) is 0 Å². The molecule has 2 unspecified atom stereocenters. The Kier molecular flexibility index (Phi) is 5.18. The molecule has 0 N–H and O–H groups in total. The van der Waals surface area contributed by atoms with Gasteiger partial charge in [-0.2, -0.15) is 11.8 Å². The summed E-state index contributed by atoms with van der Waals surface area (Å²) >= 11 is 2.06. The van der Waals surface area contributed by atoms with Crippen LogP contribution in [0.25, 0.3) is 0 Å². The van der Waals surface area contributed by atoms with Crippen LogP contribution in [0.15, 0.2) is 0 Å². The van der Waals surface area contributed by atoms with Gasteiger partial charge in [-0.1, -0.05) is 13.3 Å². The molecule has 1 fully saturated rings. The minimum absolute atomic E-state index is 0.910. The van der Waals surface area contributed by atoms with Gasteiger partial charge in [-0.25, -0.2) is 0 Å². The van der Waals surface area contributed by atoms with Gasteiger partial charge in [-0.15, -0.1) is 0 Å². The van der Waals surface area contributed by atoms with Crippen LogP contribution >= 0.6 is 11.8 Å². The highest BCUT2D eigenvalue weighted by Gasteiger charge is 2.18. The Hall–Kier alpha value is 0.310. The molecule has 1 nitrogen and oxygen atoms in total. The van der Waals surface area contributed by atoms with Crippen molar-refractivity contribution in [2.75, 3.05) is 26.4 Å². The lowest BCUT2D eigenvalue weighted by molar-refractivity contribution is 0.258. The van der Waals surface area contributed by atoms with Gasteiger partial charge in [0, 0.05) is 5.25 Å². The van der Waals surface area contributed by atoms with Crippen LogP contribution in [0.4, 0.5) is 0 Å². The second-order valence-corrected chi connectivity index (χ2v) is 5.39. The molecule has 1 rings (SSSR count). The van der Waals surface area contributed by atoms with Crippen LogP contribution < -0.4 is 0 Å². The van der Waals surface area contributed by atoms with E-state index in [1.165, 1.54) is 38.8 Å². The lowest BCUT2D eigenvalue weighted by atomic mass is 9.93. The zero-order valence-corrected chi connectivity index (χ0v) is 10.1. The first-order chi connectivity index (χ1) is 6.26. The van der Waals surface area contributed by atoms with E-state index in [4.69, 9.17) is 0 Å². The molecule has 2 heteroatoms. The van der Waals surface area contributed by atoms with Crippen LogP contribution in [0.1, 0.15) is 32.6 Å². The number of thioether (sulfide) groups is 1. The fourth-order valence-corrected chi connectivity index (χ4v) is 2.88. The highest BCUT2D eigenvalue weighted by molar-refractivity contribution is 7.99. The van der Waals surface area contributed by atoms with Crippen LogP contribution in [0.3, 0.4) is 0 Å². The summed E-state index contributed by atoms with van der Waals surface area (Å²) in [4.78, 5) is 2.49. The minimum Gasteiger partial charge on any atom is -0.306 e. The number of nitrogens with zero attached hydrogens (tertiary/aromatic N) is 1. The molecule has 1 aliphatic rings. The highest BCUT2D eigenvalue weighted by atomic mass is 32.2. The lowest BCUT2D eigenvalue weighted by Gasteiger charge is -2.29. The van der Waals surface area contributed by atoms with Crippen LogP contribution in [-0.4, -0.2) is 36.5 Å². The van der Waals surface area contributed by atoms with Gasteiger partial charge in [0.1, 0.15) is 0 Å². The molecule has 13 heavy (non-hydrogen) atoms. The van der Waals surface area contributed by atoms with E-state index in [9.17, 15) is 0 Å². The first-order valence-corrected chi connectivity index (χ1v) is 6.76. The van der Waals surface area contributed by atoms with Gasteiger partial charge in [0.05, 0.1) is 0 Å². The summed E-state index contributed by atoms with van der Waals surface area (Å²) < 4.78 is 0. The monoisotopic (exact) mass is 201 g/mol. The van der Waals surface area contributed by atoms with Crippen LogP contribution in [0, 0.1) is 5.92 Å². The Balaban J connectivity index is 2.42. The van der Waals surface area contributed by atoms with Crippen molar-refractivity contribution >= 4 is 11.8 Å². The molecule has 0 bridgehead atoms. The first kappa shape index (κ1) is 11.4. The molecule has 0 radical (unpaired) electrons. The third-order valence-corrected chi connectivity index (χ3v) is 4.35. The average molecular weight is 201 g/mol. The molecule has 0 aliphatic carbocycles. The molecular formula is C11H23NS. The summed E-state index contributed by atoms with van der Waals surface area (Å²) in [5, 5.41) is 0.910. The summed E-state index contributed by atoms with van der Waals surface area (Å²) in [5.74, 6) is 0.972. The molecule has 0 aromatic carbocycles. The standard InChI is InChI=1S/C11H23NS/c1-4-10-5-7-12(2)8-6-11(9-10)13-3/h10-11H,4-9H2,1-3H3. The Morgan fingerprint density at radius 2 is 2.00 bits per heavy atom. The van der Waals surface area contributed by atoms with Gasteiger partial charge in [0.15, 0.2) is 0 Å². The lowest BCUT2D eigenvalue weighted by Crippen LogP contribution is -2.29. The quantitative estimate of drug-likeness (QED) is 0.676. The van der Waals surface area contributed by atoms with E-state index >= 15 is 0 Å². The van der Waals surface area contributed by atoms with Crippen molar-refractivity contribution in [2.24, 2.45) is 5.92 Å². The van der Waals surface area contributed by atoms with Gasteiger partial charge in [-0.05, 0) is 51.6 Å². The molecular weight excluding hydrogens is 178 g/mol. The second-order valence-electron chi connectivity index (χ2n) is 4.25. The Morgan fingerprint density at radius 3 is 2.62 bits per heavy atom. The van der Waals surface area contributed by atoms with Crippen molar-refractivity contribution < 1.29 is 0 Å². The van der Waals surface area contributed by atoms with Gasteiger partial charge >= 0.3 is 0 Å². The summed E-state index contributed by atoms with van der Waals surface area (Å²) in [6.07, 6.45) is 7.87. The minimum atomic E-state index is 0.910. The van der Waals surface area contributed by atoms with E-state index in [1.54, 1.807) is 0 Å². The fourth-order valence-electron chi connectivity index (χ4n) is 2.07. The SMILES string of the molecule is CCC1CCN(C)CCC(SC)C1. The summed E-state index contributed by atoms with van der Waals surface area (Å²) in [5.41, 5.74) is 0. The highest BCUT2D eigenvalue weighted by Crippen LogP contribution is 2.26. The number of hydrogen-bond acceptors (Lipinski definition) is 2. The van der Waals surface area contributed by atoms with E-state index < -0.39 is 0 Å². The van der Waals surface area contributed by atoms with Gasteiger partial charge in [-0.3, -0.25) is 0 Å². The fraction of sp³-hybridized carbons (Fsp3) is 1.00. The molecule has 0 amide bonds. The molecule has 1 aliphatic heterocycles. The zero-order valence-electron chi connectivity index (χ0n) is 9.25. The normalized spacial score (nSPS) is 32.5. The maximum atomic E-state index is 2.49. The topological polar surface area (TPSA) is 3.24 Å². The predicted octanol–water partition coefficient (Wildman–Crippen LogP) is 2.86. The third kappa shape index (κ3) is 3.90.